The average molecular weight is 313 g/mol. The summed E-state index contributed by atoms with van der Waals surface area (Å²) < 4.78 is 1.67. The first kappa shape index (κ1) is 15.8. The minimum Gasteiger partial charge on any atom is -0.354 e. The van der Waals surface area contributed by atoms with Crippen LogP contribution in [0.1, 0.15) is 27.2 Å². The van der Waals surface area contributed by atoms with Crippen LogP contribution in [0.5, 0.6) is 0 Å². The zero-order chi connectivity index (χ0) is 15.6. The van der Waals surface area contributed by atoms with Crippen molar-refractivity contribution in [3.63, 3.8) is 0 Å². The Kier molecular flexibility index (Phi) is 4.56. The van der Waals surface area contributed by atoms with Crippen LogP contribution in [0.4, 0.5) is 0 Å². The van der Waals surface area contributed by atoms with Crippen molar-refractivity contribution < 1.29 is 9.59 Å². The van der Waals surface area contributed by atoms with Gasteiger partial charge in [-0.15, -0.1) is 0 Å². The second-order valence-corrected chi connectivity index (χ2v) is 6.73. The topological polar surface area (TPSA) is 67.2 Å². The van der Waals surface area contributed by atoms with Crippen LogP contribution in [-0.2, 0) is 16.1 Å². The molecule has 0 unspecified atom stereocenters. The molecule has 0 spiro atoms. The average Bonchev–Trinajstić information content (AvgIpc) is 2.95. The lowest BCUT2D eigenvalue weighted by Gasteiger charge is -2.31. The largest absolute Gasteiger partial charge is 0.354 e. The van der Waals surface area contributed by atoms with Gasteiger partial charge in [0.15, 0.2) is 0 Å². The van der Waals surface area contributed by atoms with Crippen LogP contribution >= 0.6 is 11.6 Å². The lowest BCUT2D eigenvalue weighted by Crippen LogP contribution is -2.43. The molecular weight excluding hydrogens is 292 g/mol. The quantitative estimate of drug-likeness (QED) is 0.911. The van der Waals surface area contributed by atoms with Gasteiger partial charge in [-0.1, -0.05) is 11.6 Å². The van der Waals surface area contributed by atoms with Crippen LogP contribution in [0, 0.1) is 5.92 Å². The highest BCUT2D eigenvalue weighted by atomic mass is 35.5. The maximum absolute atomic E-state index is 12.1. The number of hydrogen-bond acceptors (Lipinski definition) is 3. The molecule has 1 aromatic rings. The summed E-state index contributed by atoms with van der Waals surface area (Å²) in [5.41, 5.74) is -0.238. The molecule has 1 atom stereocenters. The summed E-state index contributed by atoms with van der Waals surface area (Å²) in [4.78, 5) is 25.8. The van der Waals surface area contributed by atoms with E-state index in [1.54, 1.807) is 22.0 Å². The molecular formula is C14H21ClN4O2. The van der Waals surface area contributed by atoms with Gasteiger partial charge in [-0.25, -0.2) is 0 Å². The molecule has 1 fully saturated rings. The fourth-order valence-electron chi connectivity index (χ4n) is 2.43. The molecule has 0 radical (unpaired) electrons. The number of rotatable bonds is 4. The zero-order valence-electron chi connectivity index (χ0n) is 12.6. The number of carbonyl (C=O) groups is 2. The molecule has 0 aliphatic carbocycles. The predicted octanol–water partition coefficient (Wildman–Crippen LogP) is 1.30. The Morgan fingerprint density at radius 1 is 1.52 bits per heavy atom. The molecule has 1 N–H and O–H groups in total. The Balaban J connectivity index is 1.80. The van der Waals surface area contributed by atoms with Crippen LogP contribution in [0.2, 0.25) is 5.02 Å². The van der Waals surface area contributed by atoms with Gasteiger partial charge in [0.1, 0.15) is 0 Å². The van der Waals surface area contributed by atoms with Gasteiger partial charge in [0, 0.05) is 31.2 Å². The lowest BCUT2D eigenvalue weighted by molar-refractivity contribution is -0.132. The molecule has 0 aromatic carbocycles. The van der Waals surface area contributed by atoms with Crippen molar-refractivity contribution in [1.82, 2.24) is 20.0 Å². The summed E-state index contributed by atoms with van der Waals surface area (Å²) >= 11 is 5.77. The summed E-state index contributed by atoms with van der Waals surface area (Å²) in [6.07, 6.45) is 3.55. The van der Waals surface area contributed by atoms with Crippen molar-refractivity contribution in [3.05, 3.63) is 17.4 Å². The smallest absolute Gasteiger partial charge is 0.225 e. The maximum atomic E-state index is 12.1. The van der Waals surface area contributed by atoms with E-state index < -0.39 is 0 Å². The van der Waals surface area contributed by atoms with Gasteiger partial charge in [-0.3, -0.25) is 14.3 Å². The van der Waals surface area contributed by atoms with E-state index in [9.17, 15) is 9.59 Å². The summed E-state index contributed by atoms with van der Waals surface area (Å²) in [5.74, 6) is -0.298. The molecule has 2 rings (SSSR count). The molecule has 0 saturated carbocycles. The maximum Gasteiger partial charge on any atom is 0.225 e. The first-order chi connectivity index (χ1) is 9.77. The predicted molar refractivity (Wildman–Crippen MR) is 79.8 cm³/mol. The van der Waals surface area contributed by atoms with Gasteiger partial charge in [0.2, 0.25) is 11.8 Å². The molecule has 21 heavy (non-hydrogen) atoms. The molecule has 116 valence electrons. The van der Waals surface area contributed by atoms with Gasteiger partial charge in [-0.2, -0.15) is 5.10 Å². The lowest BCUT2D eigenvalue weighted by atomic mass is 10.1. The number of aromatic nitrogens is 2. The highest BCUT2D eigenvalue weighted by Gasteiger charge is 2.39. The summed E-state index contributed by atoms with van der Waals surface area (Å²) in [6, 6.07) is 0. The highest BCUT2D eigenvalue weighted by molar-refractivity contribution is 6.30. The molecule has 1 aliphatic heterocycles. The van der Waals surface area contributed by atoms with Crippen molar-refractivity contribution >= 4 is 23.4 Å². The van der Waals surface area contributed by atoms with Crippen molar-refractivity contribution in [2.75, 3.05) is 13.1 Å². The van der Waals surface area contributed by atoms with Crippen LogP contribution in [0.25, 0.3) is 0 Å². The summed E-state index contributed by atoms with van der Waals surface area (Å²) in [5, 5.41) is 7.46. The van der Waals surface area contributed by atoms with Crippen LogP contribution in [0.15, 0.2) is 12.4 Å². The number of amides is 2. The second kappa shape index (κ2) is 6.05. The highest BCUT2D eigenvalue weighted by Crippen LogP contribution is 2.25. The van der Waals surface area contributed by atoms with Crippen molar-refractivity contribution in [2.45, 2.75) is 39.3 Å². The van der Waals surface area contributed by atoms with E-state index in [4.69, 9.17) is 11.6 Å². The van der Waals surface area contributed by atoms with Crippen molar-refractivity contribution in [2.24, 2.45) is 5.92 Å². The number of carbonyl (C=O) groups excluding carboxylic acids is 2. The standard InChI is InChI=1S/C14H21ClN4O2/c1-14(2,3)19-8-10(6-12(19)20)13(21)16-4-5-18-9-11(15)7-17-18/h7,9-10H,4-6,8H2,1-3H3,(H,16,21)/t10-/m1/s1. The van der Waals surface area contributed by atoms with Crippen molar-refractivity contribution in [1.29, 1.82) is 0 Å². The third-order valence-corrected chi connectivity index (χ3v) is 3.74. The Morgan fingerprint density at radius 3 is 2.76 bits per heavy atom. The Labute approximate surface area is 129 Å². The van der Waals surface area contributed by atoms with Crippen molar-refractivity contribution in [3.8, 4) is 0 Å². The molecule has 1 saturated heterocycles. The van der Waals surface area contributed by atoms with E-state index in [2.05, 4.69) is 10.4 Å². The fourth-order valence-corrected chi connectivity index (χ4v) is 2.59. The van der Waals surface area contributed by atoms with E-state index in [-0.39, 0.29) is 29.7 Å². The third-order valence-electron chi connectivity index (χ3n) is 3.55. The minimum absolute atomic E-state index is 0.0431. The summed E-state index contributed by atoms with van der Waals surface area (Å²) in [7, 11) is 0. The van der Waals surface area contributed by atoms with Gasteiger partial charge in [-0.05, 0) is 20.8 Å². The van der Waals surface area contributed by atoms with E-state index in [1.807, 2.05) is 20.8 Å². The van der Waals surface area contributed by atoms with Gasteiger partial charge in [0.25, 0.3) is 0 Å². The molecule has 6 nitrogen and oxygen atoms in total. The Hall–Kier alpha value is -1.56. The van der Waals surface area contributed by atoms with Gasteiger partial charge >= 0.3 is 0 Å². The van der Waals surface area contributed by atoms with E-state index in [0.717, 1.165) is 0 Å². The molecule has 7 heteroatoms. The van der Waals surface area contributed by atoms with Crippen LogP contribution in [-0.4, -0.2) is 45.1 Å². The van der Waals surface area contributed by atoms with E-state index >= 15 is 0 Å². The number of likely N-dealkylation sites (tertiary alicyclic amines) is 1. The van der Waals surface area contributed by atoms with Crippen LogP contribution < -0.4 is 5.32 Å². The molecule has 1 aromatic heterocycles. The Morgan fingerprint density at radius 2 is 2.24 bits per heavy atom. The first-order valence-corrected chi connectivity index (χ1v) is 7.41. The zero-order valence-corrected chi connectivity index (χ0v) is 13.4. The third kappa shape index (κ3) is 3.97. The first-order valence-electron chi connectivity index (χ1n) is 7.03. The fraction of sp³-hybridized carbons (Fsp3) is 0.643. The molecule has 2 amide bonds. The SMILES string of the molecule is CC(C)(C)N1C[C@H](C(=O)NCCn2cc(Cl)cn2)CC1=O. The molecule has 0 bridgehead atoms. The van der Waals surface area contributed by atoms with E-state index in [0.29, 0.717) is 24.7 Å². The number of nitrogens with zero attached hydrogens (tertiary/aromatic N) is 3. The van der Waals surface area contributed by atoms with Gasteiger partial charge < -0.3 is 10.2 Å². The number of halogens is 1. The minimum atomic E-state index is -0.266. The van der Waals surface area contributed by atoms with Crippen LogP contribution in [0.3, 0.4) is 0 Å². The summed E-state index contributed by atoms with van der Waals surface area (Å²) in [6.45, 7) is 7.45. The van der Waals surface area contributed by atoms with E-state index in [1.165, 1.54) is 0 Å². The number of hydrogen-bond donors (Lipinski definition) is 1. The monoisotopic (exact) mass is 312 g/mol. The molecule has 1 aliphatic rings. The number of nitrogens with one attached hydrogen (secondary N) is 1. The molecule has 2 heterocycles. The van der Waals surface area contributed by atoms with Gasteiger partial charge in [0.05, 0.1) is 23.7 Å². The Bertz CT molecular complexity index is 535. The normalized spacial score (nSPS) is 19.1. The second-order valence-electron chi connectivity index (χ2n) is 6.29.